The highest BCUT2D eigenvalue weighted by molar-refractivity contribution is 6.07. The van der Waals surface area contributed by atoms with Crippen molar-refractivity contribution in [3.05, 3.63) is 92.5 Å². The van der Waals surface area contributed by atoms with Gasteiger partial charge < -0.3 is 29.4 Å². The van der Waals surface area contributed by atoms with Gasteiger partial charge in [0.05, 0.1) is 12.3 Å². The fraction of sp³-hybridized carbons (Fsp3) is 0.382. The minimum absolute atomic E-state index is 0.172. The maximum absolute atomic E-state index is 15.3. The van der Waals surface area contributed by atoms with Crippen molar-refractivity contribution in [3.8, 4) is 11.1 Å². The number of aliphatic hydroxyl groups is 1. The number of halogens is 1. The summed E-state index contributed by atoms with van der Waals surface area (Å²) in [6, 6.07) is 10.2. The fourth-order valence-corrected chi connectivity index (χ4v) is 7.14. The van der Waals surface area contributed by atoms with Gasteiger partial charge in [0.1, 0.15) is 23.0 Å². The molecule has 3 aliphatic rings. The number of rotatable bonds is 5. The first kappa shape index (κ1) is 28.5. The van der Waals surface area contributed by atoms with Gasteiger partial charge in [0, 0.05) is 68.4 Å². The van der Waals surface area contributed by atoms with Crippen molar-refractivity contribution in [2.24, 2.45) is 12.5 Å². The van der Waals surface area contributed by atoms with Gasteiger partial charge in [-0.3, -0.25) is 9.59 Å². The molecule has 1 aliphatic carbocycles. The number of hydrogen-bond acceptors (Lipinski definition) is 6. The molecule has 9 nitrogen and oxygen atoms in total. The maximum atomic E-state index is 15.3. The number of fused-ring (bicyclic) bond motifs is 4. The van der Waals surface area contributed by atoms with Crippen LogP contribution in [0.25, 0.3) is 11.1 Å². The zero-order chi connectivity index (χ0) is 30.9. The summed E-state index contributed by atoms with van der Waals surface area (Å²) in [5.74, 6) is -0.181. The molecule has 0 radical (unpaired) electrons. The molecule has 0 unspecified atom stereocenters. The number of pyridine rings is 2. The Morgan fingerprint density at radius 1 is 1.02 bits per heavy atom. The van der Waals surface area contributed by atoms with Crippen LogP contribution in [0.2, 0.25) is 0 Å². The van der Waals surface area contributed by atoms with Crippen molar-refractivity contribution < 1.29 is 14.3 Å². The van der Waals surface area contributed by atoms with Crippen LogP contribution < -0.4 is 15.8 Å². The van der Waals surface area contributed by atoms with Crippen LogP contribution >= 0.6 is 0 Å². The smallest absolute Gasteiger partial charge is 0.274 e. The largest absolute Gasteiger partial charge is 0.392 e. The number of benzene rings is 1. The van der Waals surface area contributed by atoms with Crippen molar-refractivity contribution in [2.75, 3.05) is 30.4 Å². The van der Waals surface area contributed by atoms with Crippen molar-refractivity contribution in [1.29, 1.82) is 0 Å². The number of carbonyl (C=O) groups is 1. The van der Waals surface area contributed by atoms with Crippen molar-refractivity contribution >= 4 is 23.1 Å². The summed E-state index contributed by atoms with van der Waals surface area (Å²) in [6.07, 6.45) is 4.29. The molecule has 10 heteroatoms. The van der Waals surface area contributed by atoms with Gasteiger partial charge in [-0.1, -0.05) is 19.9 Å². The highest BCUT2D eigenvalue weighted by atomic mass is 19.1. The Hall–Kier alpha value is -4.28. The molecule has 228 valence electrons. The molecule has 1 aromatic carbocycles. The number of aliphatic hydroxyl groups excluding tert-OH is 1. The highest BCUT2D eigenvalue weighted by Crippen LogP contribution is 2.41. The minimum atomic E-state index is -0.533. The Kier molecular flexibility index (Phi) is 6.75. The zero-order valence-electron chi connectivity index (χ0n) is 25.6. The Labute approximate surface area is 255 Å². The Morgan fingerprint density at radius 2 is 1.84 bits per heavy atom. The van der Waals surface area contributed by atoms with Crippen LogP contribution in [-0.4, -0.2) is 50.2 Å². The van der Waals surface area contributed by atoms with E-state index < -0.39 is 12.4 Å². The van der Waals surface area contributed by atoms with Gasteiger partial charge in [0.25, 0.3) is 11.5 Å². The lowest BCUT2D eigenvalue weighted by molar-refractivity contribution is 0.0963. The Balaban J connectivity index is 1.25. The molecule has 0 atom stereocenters. The first-order valence-electron chi connectivity index (χ1n) is 15.1. The van der Waals surface area contributed by atoms with Crippen molar-refractivity contribution in [3.63, 3.8) is 0 Å². The monoisotopic (exact) mass is 596 g/mol. The molecule has 44 heavy (non-hydrogen) atoms. The summed E-state index contributed by atoms with van der Waals surface area (Å²) in [6.45, 7) is 6.77. The summed E-state index contributed by atoms with van der Waals surface area (Å²) < 4.78 is 18.9. The lowest BCUT2D eigenvalue weighted by Crippen LogP contribution is -2.41. The van der Waals surface area contributed by atoms with Crippen LogP contribution in [0.4, 0.5) is 21.6 Å². The maximum Gasteiger partial charge on any atom is 0.274 e. The number of aryl methyl sites for hydroxylation is 1. The van der Waals surface area contributed by atoms with Crippen molar-refractivity contribution in [2.45, 2.75) is 52.8 Å². The third kappa shape index (κ3) is 4.82. The molecule has 4 aromatic rings. The van der Waals surface area contributed by atoms with Gasteiger partial charge >= 0.3 is 0 Å². The molecular formula is C34H37FN6O3. The zero-order valence-corrected chi connectivity index (χ0v) is 25.6. The van der Waals surface area contributed by atoms with E-state index in [-0.39, 0.29) is 22.6 Å². The molecule has 0 saturated heterocycles. The van der Waals surface area contributed by atoms with E-state index in [1.807, 2.05) is 18.2 Å². The summed E-state index contributed by atoms with van der Waals surface area (Å²) in [4.78, 5) is 35.6. The molecular weight excluding hydrogens is 559 g/mol. The van der Waals surface area contributed by atoms with E-state index in [1.54, 1.807) is 24.2 Å². The predicted molar refractivity (Wildman–Crippen MR) is 168 cm³/mol. The van der Waals surface area contributed by atoms with E-state index in [9.17, 15) is 14.7 Å². The third-order valence-electron chi connectivity index (χ3n) is 9.26. The van der Waals surface area contributed by atoms with Gasteiger partial charge in [-0.15, -0.1) is 0 Å². The standard InChI is InChI=1S/C34H37FN6O3/c1-34(2)15-21-12-29-33(44)41(10-9-40(29)30(21)16-34)28-14-23(35)13-24(25(28)19-42)22-11-27(32(43)39(4)18-22)37-31-6-5-20-17-38(3)8-7-26(20)36-31/h5-6,11-14,18,42H,7-10,15-17,19H2,1-4H3,(H,36,37). The first-order valence-corrected chi connectivity index (χ1v) is 15.1. The van der Waals surface area contributed by atoms with Gasteiger partial charge in [0.2, 0.25) is 0 Å². The second-order valence-electron chi connectivity index (χ2n) is 13.2. The molecule has 2 aliphatic heterocycles. The average molecular weight is 597 g/mol. The predicted octanol–water partition coefficient (Wildman–Crippen LogP) is 4.40. The fourth-order valence-electron chi connectivity index (χ4n) is 7.14. The highest BCUT2D eigenvalue weighted by Gasteiger charge is 2.37. The molecule has 5 heterocycles. The SMILES string of the molecule is CN1CCc2nc(Nc3cc(-c4cc(F)cc(N5CCn6c(cc7c6CC(C)(C)C7)C5=O)c4CO)cn(C)c3=O)ccc2C1. The summed E-state index contributed by atoms with van der Waals surface area (Å²) in [5.41, 5.74) is 7.09. The number of amides is 1. The molecule has 1 amide bonds. The number of nitrogens with one attached hydrogen (secondary N) is 1. The van der Waals surface area contributed by atoms with Gasteiger partial charge in [0.15, 0.2) is 0 Å². The van der Waals surface area contributed by atoms with Crippen molar-refractivity contribution in [1.82, 2.24) is 19.0 Å². The molecule has 0 fully saturated rings. The second kappa shape index (κ2) is 10.4. The van der Waals surface area contributed by atoms with Crippen LogP contribution in [0, 0.1) is 11.2 Å². The number of likely N-dealkylation sites (N-methyl/N-ethyl adjacent to an activating group) is 1. The number of hydrogen-bond donors (Lipinski definition) is 2. The van der Waals surface area contributed by atoms with E-state index in [1.165, 1.54) is 33.5 Å². The first-order chi connectivity index (χ1) is 21.0. The molecule has 3 aromatic heterocycles. The van der Waals surface area contributed by atoms with E-state index in [0.29, 0.717) is 47.0 Å². The molecule has 0 bridgehead atoms. The summed E-state index contributed by atoms with van der Waals surface area (Å²) in [5, 5.41) is 13.8. The molecule has 0 spiro atoms. The number of nitrogens with zero attached hydrogens (tertiary/aromatic N) is 5. The van der Waals surface area contributed by atoms with Crippen LogP contribution in [0.5, 0.6) is 0 Å². The summed E-state index contributed by atoms with van der Waals surface area (Å²) >= 11 is 0. The van der Waals surface area contributed by atoms with Crippen LogP contribution in [0.3, 0.4) is 0 Å². The normalized spacial score (nSPS) is 17.4. The van der Waals surface area contributed by atoms with E-state index >= 15 is 4.39 Å². The van der Waals surface area contributed by atoms with Gasteiger partial charge in [-0.2, -0.15) is 0 Å². The van der Waals surface area contributed by atoms with E-state index in [0.717, 1.165) is 38.0 Å². The number of carbonyl (C=O) groups excluding carboxylic acids is 1. The number of aromatic nitrogens is 3. The van der Waals surface area contributed by atoms with Crippen LogP contribution in [-0.2, 0) is 46.0 Å². The second-order valence-corrected chi connectivity index (χ2v) is 13.2. The lowest BCUT2D eigenvalue weighted by atomic mass is 9.90. The third-order valence-corrected chi connectivity index (χ3v) is 9.26. The quantitative estimate of drug-likeness (QED) is 0.355. The topological polar surface area (TPSA) is 95.6 Å². The van der Waals surface area contributed by atoms with Crippen LogP contribution in [0.1, 0.15) is 52.4 Å². The summed E-state index contributed by atoms with van der Waals surface area (Å²) in [7, 11) is 3.71. The molecule has 7 rings (SSSR count). The lowest BCUT2D eigenvalue weighted by Gasteiger charge is -2.32. The van der Waals surface area contributed by atoms with Gasteiger partial charge in [-0.05, 0) is 72.3 Å². The van der Waals surface area contributed by atoms with Gasteiger partial charge in [-0.25, -0.2) is 9.37 Å². The number of anilines is 3. The minimum Gasteiger partial charge on any atom is -0.392 e. The Bertz CT molecular complexity index is 1890. The van der Waals surface area contributed by atoms with E-state index in [4.69, 9.17) is 4.98 Å². The van der Waals surface area contributed by atoms with E-state index in [2.05, 4.69) is 35.7 Å². The Morgan fingerprint density at radius 3 is 2.64 bits per heavy atom. The van der Waals surface area contributed by atoms with Crippen LogP contribution in [0.15, 0.2) is 47.4 Å². The average Bonchev–Trinajstić information content (AvgIpc) is 3.47. The molecule has 0 saturated carbocycles. The molecule has 2 N–H and O–H groups in total.